The Balaban J connectivity index is 2.05. The Hall–Kier alpha value is -2.22. The van der Waals surface area contributed by atoms with Crippen LogP contribution in [0.3, 0.4) is 0 Å². The topological polar surface area (TPSA) is 62.6 Å². The van der Waals surface area contributed by atoms with Crippen LogP contribution in [0.15, 0.2) is 24.3 Å². The molecule has 0 N–H and O–H groups in total. The lowest BCUT2D eigenvalue weighted by molar-refractivity contribution is -0.141. The molecule has 1 aromatic rings. The Morgan fingerprint density at radius 3 is 2.85 bits per heavy atom. The molecule has 1 aromatic carbocycles. The maximum atomic E-state index is 12.4. The van der Waals surface area contributed by atoms with E-state index < -0.39 is 6.10 Å². The predicted molar refractivity (Wildman–Crippen MR) is 73.4 cm³/mol. The van der Waals surface area contributed by atoms with Crippen molar-refractivity contribution in [2.24, 2.45) is 5.92 Å². The molecule has 0 bridgehead atoms. The van der Waals surface area contributed by atoms with Crippen LogP contribution in [0.4, 0.5) is 0 Å². The van der Waals surface area contributed by atoms with E-state index in [0.29, 0.717) is 24.6 Å². The van der Waals surface area contributed by atoms with Crippen LogP contribution < -0.4 is 9.47 Å². The summed E-state index contributed by atoms with van der Waals surface area (Å²) in [7, 11) is 0. The van der Waals surface area contributed by atoms with E-state index in [4.69, 9.17) is 14.7 Å². The SMILES string of the molecule is CCN(C[C@H](C)C#N)C(=O)[C@H]1COc2ccccc2O1. The van der Waals surface area contributed by atoms with E-state index in [1.165, 1.54) is 0 Å². The van der Waals surface area contributed by atoms with Gasteiger partial charge in [0.25, 0.3) is 5.91 Å². The number of benzene rings is 1. The summed E-state index contributed by atoms with van der Waals surface area (Å²) in [6.07, 6.45) is -0.643. The summed E-state index contributed by atoms with van der Waals surface area (Å²) in [5, 5.41) is 8.86. The van der Waals surface area contributed by atoms with Crippen LogP contribution in [0.25, 0.3) is 0 Å². The Labute approximate surface area is 118 Å². The molecule has 106 valence electrons. The van der Waals surface area contributed by atoms with Gasteiger partial charge in [-0.2, -0.15) is 5.26 Å². The quantitative estimate of drug-likeness (QED) is 0.840. The Kier molecular flexibility index (Phi) is 4.46. The lowest BCUT2D eigenvalue weighted by Gasteiger charge is -2.30. The van der Waals surface area contributed by atoms with Crippen LogP contribution in [0.5, 0.6) is 11.5 Å². The highest BCUT2D eigenvalue weighted by atomic mass is 16.6. The second kappa shape index (κ2) is 6.29. The molecule has 1 heterocycles. The summed E-state index contributed by atoms with van der Waals surface area (Å²) in [5.74, 6) is 0.909. The van der Waals surface area contributed by atoms with Crippen LogP contribution in [0.1, 0.15) is 13.8 Å². The zero-order chi connectivity index (χ0) is 14.5. The zero-order valence-corrected chi connectivity index (χ0v) is 11.7. The third-order valence-corrected chi connectivity index (χ3v) is 3.19. The standard InChI is InChI=1S/C15H18N2O3/c1-3-17(9-11(2)8-16)15(18)14-10-19-12-6-4-5-7-13(12)20-14/h4-7,11,14H,3,9-10H2,1-2H3/t11-,14-/m1/s1. The molecule has 1 aliphatic heterocycles. The molecule has 2 atom stereocenters. The molecule has 20 heavy (non-hydrogen) atoms. The van der Waals surface area contributed by atoms with Gasteiger partial charge < -0.3 is 14.4 Å². The molecule has 0 saturated heterocycles. The van der Waals surface area contributed by atoms with Gasteiger partial charge in [0.2, 0.25) is 6.10 Å². The van der Waals surface area contributed by atoms with E-state index in [1.54, 1.807) is 17.9 Å². The predicted octanol–water partition coefficient (Wildman–Crippen LogP) is 1.83. The third-order valence-electron chi connectivity index (χ3n) is 3.19. The number of fused-ring (bicyclic) bond motifs is 1. The Morgan fingerprint density at radius 1 is 1.50 bits per heavy atom. The lowest BCUT2D eigenvalue weighted by Crippen LogP contribution is -2.47. The van der Waals surface area contributed by atoms with Crippen molar-refractivity contribution in [1.82, 2.24) is 4.90 Å². The molecule has 0 radical (unpaired) electrons. The van der Waals surface area contributed by atoms with Crippen molar-refractivity contribution in [3.8, 4) is 17.6 Å². The van der Waals surface area contributed by atoms with Gasteiger partial charge in [-0.25, -0.2) is 0 Å². The number of nitrogens with zero attached hydrogens (tertiary/aromatic N) is 2. The normalized spacial score (nSPS) is 17.9. The molecule has 2 rings (SSSR count). The number of ether oxygens (including phenoxy) is 2. The molecule has 1 aliphatic rings. The van der Waals surface area contributed by atoms with Crippen LogP contribution in [0, 0.1) is 17.2 Å². The summed E-state index contributed by atoms with van der Waals surface area (Å²) < 4.78 is 11.2. The van der Waals surface area contributed by atoms with Gasteiger partial charge in [-0.3, -0.25) is 4.79 Å². The number of para-hydroxylation sites is 2. The van der Waals surface area contributed by atoms with E-state index >= 15 is 0 Å². The van der Waals surface area contributed by atoms with Gasteiger partial charge in [0.05, 0.1) is 12.0 Å². The maximum absolute atomic E-state index is 12.4. The number of carbonyl (C=O) groups excluding carboxylic acids is 1. The molecule has 5 nitrogen and oxygen atoms in total. The molecule has 0 saturated carbocycles. The number of amides is 1. The Bertz CT molecular complexity index is 524. The average Bonchev–Trinajstić information content (AvgIpc) is 2.51. The van der Waals surface area contributed by atoms with Gasteiger partial charge in [-0.1, -0.05) is 12.1 Å². The van der Waals surface area contributed by atoms with Gasteiger partial charge in [-0.15, -0.1) is 0 Å². The lowest BCUT2D eigenvalue weighted by atomic mass is 10.1. The van der Waals surface area contributed by atoms with E-state index in [9.17, 15) is 4.79 Å². The highest BCUT2D eigenvalue weighted by molar-refractivity contribution is 5.82. The zero-order valence-electron chi connectivity index (χ0n) is 11.7. The average molecular weight is 274 g/mol. The van der Waals surface area contributed by atoms with Crippen LogP contribution in [0.2, 0.25) is 0 Å². The molecule has 0 unspecified atom stereocenters. The van der Waals surface area contributed by atoms with Crippen molar-refractivity contribution < 1.29 is 14.3 Å². The van der Waals surface area contributed by atoms with E-state index in [-0.39, 0.29) is 18.4 Å². The fourth-order valence-electron chi connectivity index (χ4n) is 2.09. The number of hydrogen-bond acceptors (Lipinski definition) is 4. The largest absolute Gasteiger partial charge is 0.485 e. The van der Waals surface area contributed by atoms with Crippen molar-refractivity contribution in [3.63, 3.8) is 0 Å². The highest BCUT2D eigenvalue weighted by Gasteiger charge is 2.30. The first-order valence-electron chi connectivity index (χ1n) is 6.72. The summed E-state index contributed by atoms with van der Waals surface area (Å²) in [4.78, 5) is 14.0. The number of likely N-dealkylation sites (N-methyl/N-ethyl adjacent to an activating group) is 1. The monoisotopic (exact) mass is 274 g/mol. The third kappa shape index (κ3) is 3.02. The van der Waals surface area contributed by atoms with E-state index in [2.05, 4.69) is 6.07 Å². The van der Waals surface area contributed by atoms with Gasteiger partial charge in [-0.05, 0) is 26.0 Å². The molecule has 0 fully saturated rings. The van der Waals surface area contributed by atoms with Crippen LogP contribution >= 0.6 is 0 Å². The van der Waals surface area contributed by atoms with Gasteiger partial charge in [0, 0.05) is 13.1 Å². The fraction of sp³-hybridized carbons (Fsp3) is 0.467. The first kappa shape index (κ1) is 14.2. The van der Waals surface area contributed by atoms with Crippen molar-refractivity contribution in [2.45, 2.75) is 20.0 Å². The molecule has 0 aromatic heterocycles. The van der Waals surface area contributed by atoms with Crippen molar-refractivity contribution in [3.05, 3.63) is 24.3 Å². The highest BCUT2D eigenvalue weighted by Crippen LogP contribution is 2.31. The number of rotatable bonds is 4. The first-order chi connectivity index (χ1) is 9.65. The van der Waals surface area contributed by atoms with Crippen LogP contribution in [-0.4, -0.2) is 36.6 Å². The summed E-state index contributed by atoms with van der Waals surface area (Å²) >= 11 is 0. The van der Waals surface area contributed by atoms with Gasteiger partial charge >= 0.3 is 0 Å². The molecule has 1 amide bonds. The molecule has 5 heteroatoms. The number of nitriles is 1. The van der Waals surface area contributed by atoms with Crippen LogP contribution in [-0.2, 0) is 4.79 Å². The van der Waals surface area contributed by atoms with Crippen molar-refractivity contribution in [1.29, 1.82) is 5.26 Å². The summed E-state index contributed by atoms with van der Waals surface area (Å²) in [6, 6.07) is 9.42. The molecule has 0 aliphatic carbocycles. The smallest absolute Gasteiger partial charge is 0.267 e. The minimum Gasteiger partial charge on any atom is -0.485 e. The Morgan fingerprint density at radius 2 is 2.20 bits per heavy atom. The van der Waals surface area contributed by atoms with Gasteiger partial charge in [0.1, 0.15) is 6.61 Å². The van der Waals surface area contributed by atoms with E-state index in [1.807, 2.05) is 25.1 Å². The maximum Gasteiger partial charge on any atom is 0.267 e. The van der Waals surface area contributed by atoms with Crippen molar-refractivity contribution >= 4 is 5.91 Å². The fourth-order valence-corrected chi connectivity index (χ4v) is 2.09. The van der Waals surface area contributed by atoms with Gasteiger partial charge in [0.15, 0.2) is 11.5 Å². The minimum atomic E-state index is -0.643. The number of carbonyl (C=O) groups is 1. The second-order valence-electron chi connectivity index (χ2n) is 4.77. The summed E-state index contributed by atoms with van der Waals surface area (Å²) in [5.41, 5.74) is 0. The van der Waals surface area contributed by atoms with Crippen molar-refractivity contribution in [2.75, 3.05) is 19.7 Å². The minimum absolute atomic E-state index is 0.135. The molecular weight excluding hydrogens is 256 g/mol. The molecular formula is C15H18N2O3. The molecule has 0 spiro atoms. The van der Waals surface area contributed by atoms with E-state index in [0.717, 1.165) is 0 Å². The first-order valence-corrected chi connectivity index (χ1v) is 6.72. The summed E-state index contributed by atoms with van der Waals surface area (Å²) in [6.45, 7) is 4.84. The second-order valence-corrected chi connectivity index (χ2v) is 4.77. The number of hydrogen-bond donors (Lipinski definition) is 0.